The number of hydrogen-bond donors (Lipinski definition) is 1. The Bertz CT molecular complexity index is 1340. The van der Waals surface area contributed by atoms with Crippen LogP contribution in [0, 0.1) is 13.8 Å². The third-order valence-electron chi connectivity index (χ3n) is 5.90. The summed E-state index contributed by atoms with van der Waals surface area (Å²) in [5.41, 5.74) is 3.26. The summed E-state index contributed by atoms with van der Waals surface area (Å²) in [6.07, 6.45) is 4.77. The number of anilines is 1. The van der Waals surface area contributed by atoms with E-state index < -0.39 is 5.91 Å². The lowest BCUT2D eigenvalue weighted by Crippen LogP contribution is -2.36. The number of carbonyl (C=O) groups excluding carboxylic acids is 2. The van der Waals surface area contributed by atoms with Crippen LogP contribution >= 0.6 is 11.3 Å². The fourth-order valence-electron chi connectivity index (χ4n) is 4.14. The molecule has 1 fully saturated rings. The molecule has 1 aliphatic rings. The molecule has 1 saturated heterocycles. The van der Waals surface area contributed by atoms with Crippen LogP contribution in [-0.4, -0.2) is 49.4 Å². The fraction of sp³-hybridized carbons (Fsp3) is 0.292. The number of rotatable bonds is 4. The van der Waals surface area contributed by atoms with Crippen LogP contribution in [0.25, 0.3) is 16.2 Å². The van der Waals surface area contributed by atoms with Crippen molar-refractivity contribution in [3.8, 4) is 10.4 Å². The second kappa shape index (κ2) is 8.74. The first-order valence-corrected chi connectivity index (χ1v) is 11.8. The SMILES string of the molecule is Cc1c(-c2ccccc2)sc(NC(=O)c2nc3nccc(C)n3n2)c1C(=O)N1CCCCC1. The topological polar surface area (TPSA) is 92.5 Å². The number of likely N-dealkylation sites (tertiary alicyclic amines) is 1. The molecule has 5 rings (SSSR count). The van der Waals surface area contributed by atoms with Crippen molar-refractivity contribution in [2.45, 2.75) is 33.1 Å². The summed E-state index contributed by atoms with van der Waals surface area (Å²) in [4.78, 5) is 37.9. The van der Waals surface area contributed by atoms with Gasteiger partial charge in [0, 0.05) is 29.9 Å². The van der Waals surface area contributed by atoms with E-state index >= 15 is 0 Å². The van der Waals surface area contributed by atoms with Crippen molar-refractivity contribution in [3.05, 3.63) is 65.2 Å². The van der Waals surface area contributed by atoms with Crippen molar-refractivity contribution in [2.75, 3.05) is 18.4 Å². The zero-order valence-corrected chi connectivity index (χ0v) is 19.4. The summed E-state index contributed by atoms with van der Waals surface area (Å²) in [7, 11) is 0. The van der Waals surface area contributed by atoms with E-state index in [2.05, 4.69) is 20.4 Å². The molecule has 0 bridgehead atoms. The summed E-state index contributed by atoms with van der Waals surface area (Å²) in [5, 5.41) is 7.75. The zero-order chi connectivity index (χ0) is 22.9. The van der Waals surface area contributed by atoms with Gasteiger partial charge in [-0.2, -0.15) is 4.98 Å². The minimum absolute atomic E-state index is 0.0143. The number of amides is 2. The molecule has 4 aromatic rings. The molecule has 0 spiro atoms. The maximum absolute atomic E-state index is 13.5. The van der Waals surface area contributed by atoms with Gasteiger partial charge in [0.1, 0.15) is 5.00 Å². The van der Waals surface area contributed by atoms with Crippen LogP contribution in [0.2, 0.25) is 0 Å². The second-order valence-corrected chi connectivity index (χ2v) is 9.19. The monoisotopic (exact) mass is 460 g/mol. The van der Waals surface area contributed by atoms with Crippen LogP contribution in [-0.2, 0) is 0 Å². The summed E-state index contributed by atoms with van der Waals surface area (Å²) in [6, 6.07) is 11.7. The predicted octanol–water partition coefficient (Wildman–Crippen LogP) is 4.35. The first-order valence-electron chi connectivity index (χ1n) is 11.0. The predicted molar refractivity (Wildman–Crippen MR) is 128 cm³/mol. The lowest BCUT2D eigenvalue weighted by atomic mass is 10.0. The lowest BCUT2D eigenvalue weighted by molar-refractivity contribution is 0.0725. The van der Waals surface area contributed by atoms with Crippen LogP contribution in [0.3, 0.4) is 0 Å². The number of nitrogens with zero attached hydrogens (tertiary/aromatic N) is 5. The van der Waals surface area contributed by atoms with Gasteiger partial charge in [-0.15, -0.1) is 16.4 Å². The Morgan fingerprint density at radius 1 is 1.03 bits per heavy atom. The van der Waals surface area contributed by atoms with Crippen LogP contribution < -0.4 is 5.32 Å². The van der Waals surface area contributed by atoms with Gasteiger partial charge in [0.15, 0.2) is 0 Å². The first-order chi connectivity index (χ1) is 16.0. The molecule has 33 heavy (non-hydrogen) atoms. The largest absolute Gasteiger partial charge is 0.339 e. The molecule has 0 aliphatic carbocycles. The number of carbonyl (C=O) groups is 2. The van der Waals surface area contributed by atoms with E-state index in [0.29, 0.717) is 16.3 Å². The lowest BCUT2D eigenvalue weighted by Gasteiger charge is -2.27. The number of thiophene rings is 1. The Labute approximate surface area is 195 Å². The van der Waals surface area contributed by atoms with Crippen molar-refractivity contribution in [2.24, 2.45) is 0 Å². The molecule has 0 unspecified atom stereocenters. The van der Waals surface area contributed by atoms with Crippen LogP contribution in [0.5, 0.6) is 0 Å². The summed E-state index contributed by atoms with van der Waals surface area (Å²) in [5.74, 6) is -0.132. The number of aromatic nitrogens is 4. The smallest absolute Gasteiger partial charge is 0.296 e. The van der Waals surface area contributed by atoms with Crippen LogP contribution in [0.1, 0.15) is 51.5 Å². The van der Waals surface area contributed by atoms with E-state index in [0.717, 1.165) is 54.0 Å². The minimum Gasteiger partial charge on any atom is -0.339 e. The molecular weight excluding hydrogens is 436 g/mol. The van der Waals surface area contributed by atoms with Gasteiger partial charge in [-0.05, 0) is 50.3 Å². The van der Waals surface area contributed by atoms with Crippen molar-refractivity contribution in [1.82, 2.24) is 24.5 Å². The highest BCUT2D eigenvalue weighted by molar-refractivity contribution is 7.20. The third kappa shape index (κ3) is 4.00. The Balaban J connectivity index is 1.54. The number of hydrogen-bond acceptors (Lipinski definition) is 6. The second-order valence-electron chi connectivity index (χ2n) is 8.17. The number of fused-ring (bicyclic) bond motifs is 1. The van der Waals surface area contributed by atoms with Crippen molar-refractivity contribution in [1.29, 1.82) is 0 Å². The minimum atomic E-state index is -0.464. The van der Waals surface area contributed by atoms with E-state index in [9.17, 15) is 9.59 Å². The van der Waals surface area contributed by atoms with Gasteiger partial charge in [0.25, 0.3) is 17.6 Å². The van der Waals surface area contributed by atoms with Gasteiger partial charge in [0.2, 0.25) is 5.82 Å². The Kier molecular flexibility index (Phi) is 5.63. The van der Waals surface area contributed by atoms with E-state index in [-0.39, 0.29) is 11.7 Å². The Morgan fingerprint density at radius 2 is 1.79 bits per heavy atom. The summed E-state index contributed by atoms with van der Waals surface area (Å²) in [6.45, 7) is 5.29. The number of piperidine rings is 1. The standard InChI is InChI=1S/C24H24N6O2S/c1-15-11-12-25-24-26-20(28-30(15)24)21(31)27-22-18(23(32)29-13-7-4-8-14-29)16(2)19(33-22)17-9-5-3-6-10-17/h3,5-6,9-12H,4,7-8,13-14H2,1-2H3,(H,27,31). The van der Waals surface area contributed by atoms with E-state index in [4.69, 9.17) is 0 Å². The molecule has 1 N–H and O–H groups in total. The summed E-state index contributed by atoms with van der Waals surface area (Å²) >= 11 is 1.41. The molecular formula is C24H24N6O2S. The average molecular weight is 461 g/mol. The van der Waals surface area contributed by atoms with E-state index in [1.165, 1.54) is 15.9 Å². The van der Waals surface area contributed by atoms with Crippen molar-refractivity contribution >= 4 is 33.9 Å². The highest BCUT2D eigenvalue weighted by atomic mass is 32.1. The average Bonchev–Trinajstić information content (AvgIpc) is 3.42. The molecule has 1 aliphatic heterocycles. The van der Waals surface area contributed by atoms with Gasteiger partial charge in [-0.3, -0.25) is 9.59 Å². The van der Waals surface area contributed by atoms with Gasteiger partial charge in [-0.1, -0.05) is 30.3 Å². The fourth-order valence-corrected chi connectivity index (χ4v) is 5.34. The van der Waals surface area contributed by atoms with E-state index in [1.807, 2.05) is 49.1 Å². The quantitative estimate of drug-likeness (QED) is 0.489. The molecule has 2 amide bonds. The Morgan fingerprint density at radius 3 is 2.52 bits per heavy atom. The first kappa shape index (κ1) is 21.3. The Hall–Kier alpha value is -3.59. The third-order valence-corrected chi connectivity index (χ3v) is 7.16. The molecule has 8 nitrogen and oxygen atoms in total. The number of nitrogens with one attached hydrogen (secondary N) is 1. The van der Waals surface area contributed by atoms with Crippen LogP contribution in [0.4, 0.5) is 5.00 Å². The highest BCUT2D eigenvalue weighted by Gasteiger charge is 2.28. The van der Waals surface area contributed by atoms with Gasteiger partial charge in [-0.25, -0.2) is 9.50 Å². The molecule has 0 radical (unpaired) electrons. The summed E-state index contributed by atoms with van der Waals surface area (Å²) < 4.78 is 1.53. The normalized spacial score (nSPS) is 13.9. The van der Waals surface area contributed by atoms with Crippen LogP contribution in [0.15, 0.2) is 42.6 Å². The van der Waals surface area contributed by atoms with Crippen molar-refractivity contribution in [3.63, 3.8) is 0 Å². The maximum Gasteiger partial charge on any atom is 0.296 e. The van der Waals surface area contributed by atoms with Crippen molar-refractivity contribution < 1.29 is 9.59 Å². The highest BCUT2D eigenvalue weighted by Crippen LogP contribution is 2.41. The van der Waals surface area contributed by atoms with Gasteiger partial charge in [0.05, 0.1) is 5.56 Å². The molecule has 4 heterocycles. The molecule has 0 atom stereocenters. The molecule has 0 saturated carbocycles. The van der Waals surface area contributed by atoms with E-state index in [1.54, 1.807) is 12.3 Å². The van der Waals surface area contributed by atoms with Gasteiger partial charge < -0.3 is 10.2 Å². The zero-order valence-electron chi connectivity index (χ0n) is 18.5. The molecule has 9 heteroatoms. The number of benzene rings is 1. The molecule has 1 aromatic carbocycles. The molecule has 3 aromatic heterocycles. The number of aryl methyl sites for hydroxylation is 1. The van der Waals surface area contributed by atoms with Gasteiger partial charge >= 0.3 is 0 Å². The maximum atomic E-state index is 13.5. The molecule has 168 valence electrons.